The van der Waals surface area contributed by atoms with Gasteiger partial charge < -0.3 is 0 Å². The molecule has 152 valence electrons. The summed E-state index contributed by atoms with van der Waals surface area (Å²) in [5.41, 5.74) is 1.77. The molecule has 0 radical (unpaired) electrons. The van der Waals surface area contributed by atoms with Crippen LogP contribution in [0.15, 0.2) is 83.8 Å². The van der Waals surface area contributed by atoms with Crippen LogP contribution in [0, 0.1) is 0 Å². The van der Waals surface area contributed by atoms with Gasteiger partial charge in [-0.05, 0) is 55.5 Å². The quantitative estimate of drug-likeness (QED) is 0.471. The number of aromatic nitrogens is 1. The van der Waals surface area contributed by atoms with Crippen LogP contribution >= 0.6 is 11.3 Å². The predicted molar refractivity (Wildman–Crippen MR) is 121 cm³/mol. The van der Waals surface area contributed by atoms with Crippen molar-refractivity contribution in [2.24, 2.45) is 0 Å². The molecule has 1 amide bonds. The van der Waals surface area contributed by atoms with Crippen LogP contribution in [0.2, 0.25) is 0 Å². The average Bonchev–Trinajstić information content (AvgIpc) is 3.17. The number of amides is 1. The number of nitrogens with zero attached hydrogens (tertiary/aromatic N) is 2. The fraction of sp³-hybridized carbons (Fsp3) is 0.0909. The van der Waals surface area contributed by atoms with Crippen LogP contribution in [-0.2, 0) is 10.0 Å². The van der Waals surface area contributed by atoms with Gasteiger partial charge in [0.15, 0.2) is 5.13 Å². The fourth-order valence-corrected chi connectivity index (χ4v) is 5.42. The maximum Gasteiger partial charge on any atom is 0.264 e. The number of nitrogens with one attached hydrogen (secondary N) is 1. The molecular formula is C22H19N3O3S2. The lowest BCUT2D eigenvalue weighted by Gasteiger charge is -2.22. The van der Waals surface area contributed by atoms with E-state index in [-0.39, 0.29) is 10.8 Å². The van der Waals surface area contributed by atoms with Crippen molar-refractivity contribution in [1.82, 2.24) is 4.98 Å². The molecule has 30 heavy (non-hydrogen) atoms. The highest BCUT2D eigenvalue weighted by Gasteiger charge is 2.23. The van der Waals surface area contributed by atoms with Gasteiger partial charge in [0.2, 0.25) is 0 Å². The number of fused-ring (bicyclic) bond motifs is 1. The minimum absolute atomic E-state index is 0.129. The zero-order chi connectivity index (χ0) is 21.1. The first-order chi connectivity index (χ1) is 14.5. The minimum Gasteiger partial charge on any atom is -0.298 e. The number of para-hydroxylation sites is 2. The number of sulfonamides is 1. The maximum atomic E-state index is 13.1. The summed E-state index contributed by atoms with van der Waals surface area (Å²) in [5, 5.41) is 3.27. The second-order valence-corrected chi connectivity index (χ2v) is 9.36. The van der Waals surface area contributed by atoms with Crippen molar-refractivity contribution in [3.63, 3.8) is 0 Å². The Kier molecular flexibility index (Phi) is 5.52. The Morgan fingerprint density at radius 3 is 2.30 bits per heavy atom. The molecule has 0 aliphatic carbocycles. The summed E-state index contributed by atoms with van der Waals surface area (Å²) in [6.07, 6.45) is 0. The number of hydrogen-bond donors (Lipinski definition) is 1. The Labute approximate surface area is 178 Å². The molecule has 0 aliphatic heterocycles. The van der Waals surface area contributed by atoms with Crippen LogP contribution in [0.5, 0.6) is 0 Å². The zero-order valence-corrected chi connectivity index (χ0v) is 17.8. The summed E-state index contributed by atoms with van der Waals surface area (Å²) < 4.78 is 28.4. The van der Waals surface area contributed by atoms with E-state index >= 15 is 0 Å². The molecule has 1 aromatic heterocycles. The summed E-state index contributed by atoms with van der Waals surface area (Å²) in [7, 11) is -3.73. The van der Waals surface area contributed by atoms with Gasteiger partial charge in [-0.3, -0.25) is 14.4 Å². The first kappa shape index (κ1) is 20.1. The van der Waals surface area contributed by atoms with E-state index in [1.165, 1.54) is 39.9 Å². The smallest absolute Gasteiger partial charge is 0.264 e. The van der Waals surface area contributed by atoms with Gasteiger partial charge >= 0.3 is 0 Å². The number of rotatable bonds is 6. The highest BCUT2D eigenvalue weighted by atomic mass is 32.2. The van der Waals surface area contributed by atoms with Gasteiger partial charge in [0.1, 0.15) is 0 Å². The molecule has 8 heteroatoms. The van der Waals surface area contributed by atoms with Crippen molar-refractivity contribution in [2.45, 2.75) is 11.8 Å². The summed E-state index contributed by atoms with van der Waals surface area (Å²) in [4.78, 5) is 17.1. The van der Waals surface area contributed by atoms with Gasteiger partial charge in [0, 0.05) is 12.1 Å². The van der Waals surface area contributed by atoms with Crippen LogP contribution < -0.4 is 9.62 Å². The molecule has 4 rings (SSSR count). The van der Waals surface area contributed by atoms with Crippen LogP contribution in [-0.4, -0.2) is 25.9 Å². The fourth-order valence-electron chi connectivity index (χ4n) is 3.09. The zero-order valence-electron chi connectivity index (χ0n) is 16.1. The van der Waals surface area contributed by atoms with Crippen molar-refractivity contribution in [3.8, 4) is 0 Å². The molecule has 6 nitrogen and oxygen atoms in total. The Hall–Kier alpha value is -3.23. The number of hydrogen-bond acceptors (Lipinski definition) is 5. The third kappa shape index (κ3) is 3.92. The molecule has 0 atom stereocenters. The second kappa shape index (κ2) is 8.25. The van der Waals surface area contributed by atoms with Gasteiger partial charge in [-0.2, -0.15) is 0 Å². The van der Waals surface area contributed by atoms with E-state index in [1.54, 1.807) is 31.2 Å². The standard InChI is InChI=1S/C22H19N3O3S2/c1-2-25(17-8-4-3-5-9-17)30(27,28)18-14-12-16(13-15-18)21(26)24-22-23-19-10-6-7-11-20(19)29-22/h3-15H,2H2,1H3,(H,23,24,26). The molecule has 0 fully saturated rings. The molecule has 1 heterocycles. The third-order valence-electron chi connectivity index (χ3n) is 4.55. The van der Waals surface area contributed by atoms with Crippen molar-refractivity contribution >= 4 is 48.3 Å². The Bertz CT molecular complexity index is 1250. The Morgan fingerprint density at radius 2 is 1.63 bits per heavy atom. The first-order valence-electron chi connectivity index (χ1n) is 9.34. The minimum atomic E-state index is -3.73. The second-order valence-electron chi connectivity index (χ2n) is 6.47. The predicted octanol–water partition coefficient (Wildman–Crippen LogP) is 4.76. The molecular weight excluding hydrogens is 418 g/mol. The van der Waals surface area contributed by atoms with Crippen molar-refractivity contribution in [1.29, 1.82) is 0 Å². The van der Waals surface area contributed by atoms with Crippen LogP contribution in [0.4, 0.5) is 10.8 Å². The molecule has 4 aromatic rings. The topological polar surface area (TPSA) is 79.4 Å². The Balaban J connectivity index is 1.54. The molecule has 0 aliphatic rings. The number of carbonyl (C=O) groups excluding carboxylic acids is 1. The lowest BCUT2D eigenvalue weighted by Crippen LogP contribution is -2.30. The third-order valence-corrected chi connectivity index (χ3v) is 7.42. The van der Waals surface area contributed by atoms with Gasteiger partial charge in [-0.1, -0.05) is 41.7 Å². The summed E-state index contributed by atoms with van der Waals surface area (Å²) in [6.45, 7) is 2.08. The van der Waals surface area contributed by atoms with Gasteiger partial charge in [-0.15, -0.1) is 0 Å². The number of carbonyl (C=O) groups is 1. The average molecular weight is 438 g/mol. The lowest BCUT2D eigenvalue weighted by molar-refractivity contribution is 0.102. The van der Waals surface area contributed by atoms with E-state index in [4.69, 9.17) is 0 Å². The van der Waals surface area contributed by atoms with Gasteiger partial charge in [0.05, 0.1) is 20.8 Å². The molecule has 0 spiro atoms. The lowest BCUT2D eigenvalue weighted by atomic mass is 10.2. The van der Waals surface area contributed by atoms with Gasteiger partial charge in [-0.25, -0.2) is 13.4 Å². The summed E-state index contributed by atoms with van der Waals surface area (Å²) in [5.74, 6) is -0.339. The van der Waals surface area contributed by atoms with E-state index in [0.29, 0.717) is 22.9 Å². The molecule has 3 aromatic carbocycles. The van der Waals surface area contributed by atoms with E-state index in [0.717, 1.165) is 10.2 Å². The van der Waals surface area contributed by atoms with Gasteiger partial charge in [0.25, 0.3) is 15.9 Å². The number of benzene rings is 3. The number of anilines is 2. The van der Waals surface area contributed by atoms with Crippen LogP contribution in [0.3, 0.4) is 0 Å². The maximum absolute atomic E-state index is 13.1. The monoisotopic (exact) mass is 437 g/mol. The highest BCUT2D eigenvalue weighted by molar-refractivity contribution is 7.92. The first-order valence-corrected chi connectivity index (χ1v) is 11.6. The van der Waals surface area contributed by atoms with Crippen molar-refractivity contribution < 1.29 is 13.2 Å². The SMILES string of the molecule is CCN(c1ccccc1)S(=O)(=O)c1ccc(C(=O)Nc2nc3ccccc3s2)cc1. The van der Waals surface area contributed by atoms with E-state index in [2.05, 4.69) is 10.3 Å². The molecule has 0 bridgehead atoms. The summed E-state index contributed by atoms with van der Waals surface area (Å²) in [6, 6.07) is 22.5. The van der Waals surface area contributed by atoms with Crippen LogP contribution in [0.25, 0.3) is 10.2 Å². The van der Waals surface area contributed by atoms with E-state index in [1.807, 2.05) is 30.3 Å². The summed E-state index contributed by atoms with van der Waals surface area (Å²) >= 11 is 1.39. The normalized spacial score (nSPS) is 11.4. The van der Waals surface area contributed by atoms with E-state index in [9.17, 15) is 13.2 Å². The number of thiazole rings is 1. The van der Waals surface area contributed by atoms with E-state index < -0.39 is 10.0 Å². The molecule has 0 saturated carbocycles. The highest BCUT2D eigenvalue weighted by Crippen LogP contribution is 2.26. The van der Waals surface area contributed by atoms with Crippen LogP contribution in [0.1, 0.15) is 17.3 Å². The Morgan fingerprint density at radius 1 is 0.967 bits per heavy atom. The molecule has 1 N–H and O–H groups in total. The van der Waals surface area contributed by atoms with Crippen molar-refractivity contribution in [3.05, 3.63) is 84.4 Å². The molecule has 0 unspecified atom stereocenters. The molecule has 0 saturated heterocycles. The largest absolute Gasteiger partial charge is 0.298 e. The van der Waals surface area contributed by atoms with Crippen molar-refractivity contribution in [2.75, 3.05) is 16.2 Å².